The summed E-state index contributed by atoms with van der Waals surface area (Å²) >= 11 is 0. The molecule has 0 bridgehead atoms. The van der Waals surface area contributed by atoms with Gasteiger partial charge in [-0.1, -0.05) is 31.7 Å². The third-order valence-electron chi connectivity index (χ3n) is 7.48. The molecule has 0 spiro atoms. The maximum Gasteiger partial charge on any atom is 0.0601 e. The lowest BCUT2D eigenvalue weighted by atomic mass is 9.87. The van der Waals surface area contributed by atoms with Crippen LogP contribution in [0.1, 0.15) is 44.2 Å². The highest BCUT2D eigenvalue weighted by Crippen LogP contribution is 2.30. The summed E-state index contributed by atoms with van der Waals surface area (Å²) in [5.41, 5.74) is 6.89. The van der Waals surface area contributed by atoms with Gasteiger partial charge in [0, 0.05) is 57.2 Å². The van der Waals surface area contributed by atoms with Gasteiger partial charge >= 0.3 is 0 Å². The van der Waals surface area contributed by atoms with E-state index in [-0.39, 0.29) is 0 Å². The molecule has 0 aromatic heterocycles. The summed E-state index contributed by atoms with van der Waals surface area (Å²) in [5, 5.41) is 3.82. The van der Waals surface area contributed by atoms with E-state index in [4.69, 9.17) is 4.99 Å². The van der Waals surface area contributed by atoms with Crippen LogP contribution in [0.2, 0.25) is 0 Å². The molecule has 3 aliphatic rings. The standard InChI is InChI=1S/C27H41N5/c1-5-13-28-27-21(3)9-7-12-26(27)30(4)20-23-18-24-22(19-29-23)10-8-11-25(24)32-16-14-31(6-2)15-17-32/h5,8,10-11,13,23,26,29H,3,6-7,9,12,14-20H2,1-2,4H3/b13-5-,28-27?/t23-,26+/m1/s1. The molecule has 2 aliphatic heterocycles. The molecule has 1 aromatic rings. The second-order valence-electron chi connectivity index (χ2n) is 9.57. The maximum absolute atomic E-state index is 4.77. The molecule has 1 saturated carbocycles. The fourth-order valence-electron chi connectivity index (χ4n) is 5.57. The van der Waals surface area contributed by atoms with Crippen LogP contribution < -0.4 is 10.2 Å². The Morgan fingerprint density at radius 3 is 2.81 bits per heavy atom. The summed E-state index contributed by atoms with van der Waals surface area (Å²) in [6, 6.07) is 7.73. The molecular formula is C27H41N5. The molecule has 2 fully saturated rings. The minimum atomic E-state index is 0.369. The van der Waals surface area contributed by atoms with E-state index in [0.29, 0.717) is 12.1 Å². The number of hydrogen-bond donors (Lipinski definition) is 1. The van der Waals surface area contributed by atoms with Crippen molar-refractivity contribution in [3.05, 3.63) is 53.8 Å². The molecular weight excluding hydrogens is 394 g/mol. The van der Waals surface area contributed by atoms with Crippen molar-refractivity contribution in [2.75, 3.05) is 51.2 Å². The fourth-order valence-corrected chi connectivity index (χ4v) is 5.57. The lowest BCUT2D eigenvalue weighted by Gasteiger charge is -2.40. The van der Waals surface area contributed by atoms with Crippen molar-refractivity contribution < 1.29 is 0 Å². The van der Waals surface area contributed by atoms with E-state index in [2.05, 4.69) is 58.8 Å². The molecule has 5 heteroatoms. The fraction of sp³-hybridized carbons (Fsp3) is 0.593. The van der Waals surface area contributed by atoms with Crippen LogP contribution in [0.15, 0.2) is 47.6 Å². The molecule has 5 nitrogen and oxygen atoms in total. The number of rotatable bonds is 6. The van der Waals surface area contributed by atoms with Gasteiger partial charge in [0.25, 0.3) is 0 Å². The SMILES string of the molecule is C=C1CCC[C@H](N(C)C[C@H]2Cc3c(cccc3N3CCN(CC)CC3)CN2)C1=N/C=C\C. The predicted octanol–water partition coefficient (Wildman–Crippen LogP) is 3.86. The Bertz CT molecular complexity index is 850. The van der Waals surface area contributed by atoms with E-state index in [0.717, 1.165) is 45.6 Å². The number of hydrogen-bond acceptors (Lipinski definition) is 5. The van der Waals surface area contributed by atoms with Gasteiger partial charge in [0.15, 0.2) is 0 Å². The highest BCUT2D eigenvalue weighted by molar-refractivity contribution is 6.04. The van der Waals surface area contributed by atoms with E-state index >= 15 is 0 Å². The van der Waals surface area contributed by atoms with Crippen LogP contribution in [-0.4, -0.2) is 73.9 Å². The van der Waals surface area contributed by atoms with Crippen LogP contribution in [-0.2, 0) is 13.0 Å². The molecule has 0 radical (unpaired) electrons. The number of fused-ring (bicyclic) bond motifs is 1. The van der Waals surface area contributed by atoms with Gasteiger partial charge in [0.2, 0.25) is 0 Å². The minimum absolute atomic E-state index is 0.369. The normalized spacial score (nSPS) is 26.3. The summed E-state index contributed by atoms with van der Waals surface area (Å²) in [6.07, 6.45) is 8.47. The quantitative estimate of drug-likeness (QED) is 0.736. The third kappa shape index (κ3) is 5.16. The Labute approximate surface area is 194 Å². The largest absolute Gasteiger partial charge is 0.369 e. The molecule has 1 N–H and O–H groups in total. The molecule has 1 aromatic carbocycles. The second kappa shape index (κ2) is 10.8. The van der Waals surface area contributed by atoms with Gasteiger partial charge < -0.3 is 15.1 Å². The Morgan fingerprint density at radius 2 is 2.06 bits per heavy atom. The van der Waals surface area contributed by atoms with E-state index in [9.17, 15) is 0 Å². The number of piperazine rings is 1. The van der Waals surface area contributed by atoms with Gasteiger partial charge in [-0.3, -0.25) is 9.89 Å². The van der Waals surface area contributed by atoms with E-state index < -0.39 is 0 Å². The molecule has 174 valence electrons. The zero-order valence-corrected chi connectivity index (χ0v) is 20.3. The lowest BCUT2D eigenvalue weighted by molar-refractivity contribution is 0.239. The molecule has 1 aliphatic carbocycles. The predicted molar refractivity (Wildman–Crippen MR) is 137 cm³/mol. The first-order valence-electron chi connectivity index (χ1n) is 12.5. The smallest absolute Gasteiger partial charge is 0.0601 e. The van der Waals surface area contributed by atoms with Crippen molar-refractivity contribution in [2.45, 2.75) is 58.2 Å². The molecule has 0 unspecified atom stereocenters. The van der Waals surface area contributed by atoms with Crippen molar-refractivity contribution in [3.8, 4) is 0 Å². The minimum Gasteiger partial charge on any atom is -0.369 e. The number of nitrogens with one attached hydrogen (secondary N) is 1. The van der Waals surface area contributed by atoms with Gasteiger partial charge in [-0.15, -0.1) is 0 Å². The van der Waals surface area contributed by atoms with Gasteiger partial charge in [0.05, 0.1) is 11.8 Å². The number of anilines is 1. The average Bonchev–Trinajstić information content (AvgIpc) is 2.83. The second-order valence-corrected chi connectivity index (χ2v) is 9.57. The summed E-state index contributed by atoms with van der Waals surface area (Å²) < 4.78 is 0. The third-order valence-corrected chi connectivity index (χ3v) is 7.48. The zero-order chi connectivity index (χ0) is 22.5. The van der Waals surface area contributed by atoms with Crippen LogP contribution in [0.5, 0.6) is 0 Å². The van der Waals surface area contributed by atoms with Crippen molar-refractivity contribution >= 4 is 11.4 Å². The highest BCUT2D eigenvalue weighted by Gasteiger charge is 2.30. The van der Waals surface area contributed by atoms with Crippen molar-refractivity contribution in [1.29, 1.82) is 0 Å². The van der Waals surface area contributed by atoms with E-state index in [1.54, 1.807) is 5.56 Å². The first-order valence-corrected chi connectivity index (χ1v) is 12.5. The first-order chi connectivity index (χ1) is 15.6. The van der Waals surface area contributed by atoms with Gasteiger partial charge in [-0.05, 0) is 69.0 Å². The summed E-state index contributed by atoms with van der Waals surface area (Å²) in [7, 11) is 2.27. The number of aliphatic imine (C=N–C) groups is 1. The highest BCUT2D eigenvalue weighted by atomic mass is 15.3. The number of likely N-dealkylation sites (N-methyl/N-ethyl adjacent to an activating group) is 2. The molecule has 2 heterocycles. The van der Waals surface area contributed by atoms with Crippen LogP contribution in [0.3, 0.4) is 0 Å². The Morgan fingerprint density at radius 1 is 1.25 bits per heavy atom. The van der Waals surface area contributed by atoms with Gasteiger partial charge in [-0.25, -0.2) is 0 Å². The molecule has 4 rings (SSSR count). The monoisotopic (exact) mass is 435 g/mol. The summed E-state index contributed by atoms with van der Waals surface area (Å²) in [5.74, 6) is 0. The number of benzene rings is 1. The van der Waals surface area contributed by atoms with Crippen LogP contribution >= 0.6 is 0 Å². The Balaban J connectivity index is 1.45. The number of allylic oxidation sites excluding steroid dienone is 1. The van der Waals surface area contributed by atoms with Crippen molar-refractivity contribution in [1.82, 2.24) is 15.1 Å². The van der Waals surface area contributed by atoms with Crippen LogP contribution in [0, 0.1) is 0 Å². The number of nitrogens with zero attached hydrogens (tertiary/aromatic N) is 4. The van der Waals surface area contributed by atoms with Crippen molar-refractivity contribution in [3.63, 3.8) is 0 Å². The topological polar surface area (TPSA) is 34.1 Å². The molecule has 32 heavy (non-hydrogen) atoms. The maximum atomic E-state index is 4.77. The summed E-state index contributed by atoms with van der Waals surface area (Å²) in [4.78, 5) is 12.4. The van der Waals surface area contributed by atoms with E-state index in [1.165, 1.54) is 48.5 Å². The Kier molecular flexibility index (Phi) is 7.82. The van der Waals surface area contributed by atoms with Crippen molar-refractivity contribution in [2.24, 2.45) is 4.99 Å². The summed E-state index contributed by atoms with van der Waals surface area (Å²) in [6.45, 7) is 16.4. The molecule has 0 amide bonds. The molecule has 1 saturated heterocycles. The van der Waals surface area contributed by atoms with Gasteiger partial charge in [-0.2, -0.15) is 0 Å². The first kappa shape index (κ1) is 23.2. The van der Waals surface area contributed by atoms with Crippen LogP contribution in [0.4, 0.5) is 5.69 Å². The van der Waals surface area contributed by atoms with Crippen LogP contribution in [0.25, 0.3) is 0 Å². The zero-order valence-electron chi connectivity index (χ0n) is 20.3. The van der Waals surface area contributed by atoms with E-state index in [1.807, 2.05) is 19.2 Å². The Hall–Kier alpha value is -1.95. The lowest BCUT2D eigenvalue weighted by Crippen LogP contribution is -2.50. The average molecular weight is 436 g/mol. The molecule has 2 atom stereocenters. The van der Waals surface area contributed by atoms with Gasteiger partial charge in [0.1, 0.15) is 0 Å².